The Bertz CT molecular complexity index is 888. The number of rotatable bonds is 5. The summed E-state index contributed by atoms with van der Waals surface area (Å²) in [5, 5.41) is -3.66. The molecule has 15 heteroatoms. The van der Waals surface area contributed by atoms with Crippen LogP contribution in [0.25, 0.3) is 0 Å². The first-order chi connectivity index (χ1) is 14.0. The summed E-state index contributed by atoms with van der Waals surface area (Å²) < 4.78 is 103. The van der Waals surface area contributed by atoms with Crippen molar-refractivity contribution in [1.82, 2.24) is 5.32 Å². The molecule has 0 aliphatic heterocycles. The van der Waals surface area contributed by atoms with Gasteiger partial charge in [0.2, 0.25) is 0 Å². The molecule has 4 fully saturated rings. The molecule has 0 aromatic heterocycles. The molecule has 0 saturated heterocycles. The number of hydrogen-bond acceptors (Lipinski definition) is 7. The van der Waals surface area contributed by atoms with Crippen molar-refractivity contribution in [2.75, 3.05) is 6.61 Å². The number of imide groups is 1. The first-order valence-electron chi connectivity index (χ1n) is 9.10. The first kappa shape index (κ1) is 23.6. The third kappa shape index (κ3) is 4.61. The summed E-state index contributed by atoms with van der Waals surface area (Å²) in [6.45, 7) is -1.92. The summed E-state index contributed by atoms with van der Waals surface area (Å²) in [5.41, 5.74) is -2.81. The molecule has 2 atom stereocenters. The van der Waals surface area contributed by atoms with E-state index in [9.17, 15) is 44.8 Å². The average molecular weight is 479 g/mol. The second kappa shape index (κ2) is 7.25. The largest absolute Gasteiger partial charge is 0.471 e. The van der Waals surface area contributed by atoms with Gasteiger partial charge < -0.3 is 9.47 Å². The van der Waals surface area contributed by atoms with Crippen molar-refractivity contribution in [3.63, 3.8) is 0 Å². The molecule has 2 N–H and O–H groups in total. The fourth-order valence-electron chi connectivity index (χ4n) is 5.30. The number of nitrogens with one attached hydrogen (secondary N) is 1. The summed E-state index contributed by atoms with van der Waals surface area (Å²) in [6, 6.07) is 0. The van der Waals surface area contributed by atoms with Crippen LogP contribution in [-0.4, -0.2) is 54.6 Å². The minimum Gasteiger partial charge on any atom is -0.458 e. The lowest BCUT2D eigenvalue weighted by Crippen LogP contribution is -2.61. The van der Waals surface area contributed by atoms with E-state index in [-0.39, 0.29) is 43.9 Å². The van der Waals surface area contributed by atoms with E-state index in [4.69, 9.17) is 9.29 Å². The van der Waals surface area contributed by atoms with Crippen molar-refractivity contribution in [2.45, 2.75) is 55.6 Å². The number of halogens is 5. The third-order valence-electron chi connectivity index (χ3n) is 5.97. The van der Waals surface area contributed by atoms with Gasteiger partial charge in [-0.15, -0.1) is 0 Å². The van der Waals surface area contributed by atoms with E-state index >= 15 is 0 Å². The highest BCUT2D eigenvalue weighted by Gasteiger charge is 2.63. The van der Waals surface area contributed by atoms with Crippen LogP contribution < -0.4 is 5.32 Å². The molecule has 31 heavy (non-hydrogen) atoms. The zero-order valence-electron chi connectivity index (χ0n) is 15.7. The van der Waals surface area contributed by atoms with Crippen LogP contribution in [0, 0.1) is 17.3 Å². The monoisotopic (exact) mass is 479 g/mol. The summed E-state index contributed by atoms with van der Waals surface area (Å²) in [5.74, 6) is -4.14. The smallest absolute Gasteiger partial charge is 0.458 e. The number of ether oxygens (including phenoxy) is 2. The molecule has 2 amide bonds. The van der Waals surface area contributed by atoms with Gasteiger partial charge in [0.05, 0.1) is 5.41 Å². The summed E-state index contributed by atoms with van der Waals surface area (Å²) in [7, 11) is -5.82. The van der Waals surface area contributed by atoms with Gasteiger partial charge >= 0.3 is 39.5 Å². The van der Waals surface area contributed by atoms with Crippen LogP contribution in [0.15, 0.2) is 0 Å². The Hall–Kier alpha value is -2.03. The number of esters is 1. The minimum absolute atomic E-state index is 0.175. The molecule has 0 heterocycles. The van der Waals surface area contributed by atoms with Crippen LogP contribution in [0.3, 0.4) is 0 Å². The van der Waals surface area contributed by atoms with Crippen LogP contribution in [0.1, 0.15) is 38.5 Å². The fourth-order valence-corrected chi connectivity index (χ4v) is 5.51. The Labute approximate surface area is 172 Å². The molecule has 4 aliphatic rings. The van der Waals surface area contributed by atoms with Crippen molar-refractivity contribution in [2.24, 2.45) is 17.3 Å². The highest BCUT2D eigenvalue weighted by molar-refractivity contribution is 7.86. The van der Waals surface area contributed by atoms with E-state index < -0.39 is 57.1 Å². The normalized spacial score (nSPS) is 32.5. The molecule has 0 aromatic rings. The molecule has 4 aliphatic carbocycles. The van der Waals surface area contributed by atoms with Crippen molar-refractivity contribution in [3.8, 4) is 0 Å². The van der Waals surface area contributed by atoms with Gasteiger partial charge in [-0.1, -0.05) is 0 Å². The van der Waals surface area contributed by atoms with E-state index in [2.05, 4.69) is 4.74 Å². The Morgan fingerprint density at radius 3 is 2.06 bits per heavy atom. The molecule has 2 unspecified atom stereocenters. The van der Waals surface area contributed by atoms with Crippen molar-refractivity contribution < 1.29 is 58.8 Å². The standard InChI is InChI=1S/C16H18F5NO8S/c17-15(18,31(26,27)28)7-29-11(24)13-2-8-1-9(3-13)5-14(4-8,6-13)30-12(25)22-10(23)16(19,20)21/h8-9H,1-7H2,(H,22,23,25)(H,26,27,28). The van der Waals surface area contributed by atoms with Gasteiger partial charge in [0.15, 0.2) is 6.61 Å². The second-order valence-electron chi connectivity index (χ2n) is 8.45. The van der Waals surface area contributed by atoms with Gasteiger partial charge in [0.25, 0.3) is 0 Å². The zero-order valence-corrected chi connectivity index (χ0v) is 16.5. The molecule has 9 nitrogen and oxygen atoms in total. The van der Waals surface area contributed by atoms with Gasteiger partial charge in [-0.05, 0) is 43.9 Å². The minimum atomic E-state index is -5.82. The number of alkyl halides is 5. The maximum atomic E-state index is 13.4. The van der Waals surface area contributed by atoms with E-state index in [0.717, 1.165) is 5.32 Å². The number of amides is 2. The van der Waals surface area contributed by atoms with Crippen LogP contribution in [0.2, 0.25) is 0 Å². The third-order valence-corrected chi connectivity index (χ3v) is 6.84. The van der Waals surface area contributed by atoms with E-state index in [0.29, 0.717) is 6.42 Å². The summed E-state index contributed by atoms with van der Waals surface area (Å²) in [4.78, 5) is 35.4. The molecular formula is C16H18F5NO8S. The highest BCUT2D eigenvalue weighted by atomic mass is 32.2. The number of alkyl carbamates (subject to hydrolysis) is 1. The number of carbonyl (C=O) groups is 3. The SMILES string of the molecule is O=C(NC(=O)C(F)(F)F)OC12CC3CC(C1)CC(C(=O)OCC(F)(F)S(=O)(=O)O)(C3)C2. The van der Waals surface area contributed by atoms with Crippen molar-refractivity contribution in [1.29, 1.82) is 0 Å². The zero-order chi connectivity index (χ0) is 23.5. The molecule has 4 saturated carbocycles. The average Bonchev–Trinajstić information content (AvgIpc) is 2.55. The van der Waals surface area contributed by atoms with Gasteiger partial charge in [-0.2, -0.15) is 30.4 Å². The first-order valence-corrected chi connectivity index (χ1v) is 10.5. The van der Waals surface area contributed by atoms with E-state index in [1.807, 2.05) is 0 Å². The Kier molecular flexibility index (Phi) is 5.53. The maximum Gasteiger partial charge on any atom is 0.471 e. The van der Waals surface area contributed by atoms with E-state index in [1.54, 1.807) is 0 Å². The molecule has 4 rings (SSSR count). The summed E-state index contributed by atoms with van der Waals surface area (Å²) >= 11 is 0. The van der Waals surface area contributed by atoms with Gasteiger partial charge in [0.1, 0.15) is 5.60 Å². The van der Waals surface area contributed by atoms with Crippen molar-refractivity contribution in [3.05, 3.63) is 0 Å². The quantitative estimate of drug-likeness (QED) is 0.348. The Morgan fingerprint density at radius 1 is 1.03 bits per heavy atom. The van der Waals surface area contributed by atoms with Gasteiger partial charge in [-0.25, -0.2) is 4.79 Å². The lowest BCUT2D eigenvalue weighted by Gasteiger charge is -2.59. The van der Waals surface area contributed by atoms with Crippen molar-refractivity contribution >= 4 is 28.1 Å². The Morgan fingerprint density at radius 2 is 1.58 bits per heavy atom. The van der Waals surface area contributed by atoms with E-state index in [1.165, 1.54) is 0 Å². The molecule has 0 spiro atoms. The number of hydrogen-bond donors (Lipinski definition) is 2. The maximum absolute atomic E-state index is 13.4. The lowest BCUT2D eigenvalue weighted by atomic mass is 9.48. The highest BCUT2D eigenvalue weighted by Crippen LogP contribution is 2.63. The van der Waals surface area contributed by atoms with Crippen LogP contribution in [0.5, 0.6) is 0 Å². The molecule has 4 bridgehead atoms. The van der Waals surface area contributed by atoms with Crippen LogP contribution in [-0.2, 0) is 29.2 Å². The summed E-state index contributed by atoms with van der Waals surface area (Å²) in [6.07, 6.45) is -5.83. The van der Waals surface area contributed by atoms with Crippen LogP contribution >= 0.6 is 0 Å². The van der Waals surface area contributed by atoms with Gasteiger partial charge in [-0.3, -0.25) is 19.5 Å². The Balaban J connectivity index is 1.73. The van der Waals surface area contributed by atoms with Gasteiger partial charge in [0, 0.05) is 6.42 Å². The topological polar surface area (TPSA) is 136 Å². The molecule has 0 aromatic carbocycles. The molecule has 176 valence electrons. The lowest BCUT2D eigenvalue weighted by molar-refractivity contribution is -0.200. The molecular weight excluding hydrogens is 461 g/mol. The predicted octanol–water partition coefficient (Wildman–Crippen LogP) is 2.16. The van der Waals surface area contributed by atoms with Crippen LogP contribution in [0.4, 0.5) is 26.7 Å². The second-order valence-corrected chi connectivity index (χ2v) is 10.0. The fraction of sp³-hybridized carbons (Fsp3) is 0.812. The molecule has 0 radical (unpaired) electrons. The predicted molar refractivity (Wildman–Crippen MR) is 88.0 cm³/mol. The number of carbonyl (C=O) groups excluding carboxylic acids is 3.